The van der Waals surface area contributed by atoms with Gasteiger partial charge in [-0.3, -0.25) is 0 Å². The van der Waals surface area contributed by atoms with E-state index in [1.54, 1.807) is 7.11 Å². The number of hydrogen-bond acceptors (Lipinski definition) is 3. The first-order chi connectivity index (χ1) is 10.2. The molecular formula is C17H27BrN2O. The predicted octanol–water partition coefficient (Wildman–Crippen LogP) is 3.81. The van der Waals surface area contributed by atoms with Gasteiger partial charge in [-0.05, 0) is 65.4 Å². The van der Waals surface area contributed by atoms with Crippen LogP contribution in [0.3, 0.4) is 0 Å². The van der Waals surface area contributed by atoms with Crippen LogP contribution in [0, 0.1) is 5.92 Å². The molecule has 1 N–H and O–H groups in total. The average molecular weight is 355 g/mol. The summed E-state index contributed by atoms with van der Waals surface area (Å²) in [6.45, 7) is 7.32. The molecule has 0 bridgehead atoms. The van der Waals surface area contributed by atoms with Crippen LogP contribution in [-0.4, -0.2) is 33.4 Å². The van der Waals surface area contributed by atoms with E-state index in [1.807, 2.05) is 0 Å². The Bertz CT molecular complexity index is 437. The maximum atomic E-state index is 5.32. The van der Waals surface area contributed by atoms with Gasteiger partial charge in [-0.1, -0.05) is 13.0 Å². The van der Waals surface area contributed by atoms with Gasteiger partial charge >= 0.3 is 0 Å². The topological polar surface area (TPSA) is 24.5 Å². The molecule has 4 heteroatoms. The van der Waals surface area contributed by atoms with E-state index in [0.29, 0.717) is 5.92 Å². The van der Waals surface area contributed by atoms with Crippen molar-refractivity contribution >= 4 is 21.6 Å². The number of nitrogens with zero attached hydrogens (tertiary/aromatic N) is 1. The molecule has 0 aliphatic carbocycles. The summed E-state index contributed by atoms with van der Waals surface area (Å²) >= 11 is 3.75. The van der Waals surface area contributed by atoms with Crippen LogP contribution in [0.25, 0.3) is 0 Å². The monoisotopic (exact) mass is 354 g/mol. The highest BCUT2D eigenvalue weighted by molar-refractivity contribution is 9.10. The van der Waals surface area contributed by atoms with Gasteiger partial charge in [-0.25, -0.2) is 0 Å². The van der Waals surface area contributed by atoms with Crippen molar-refractivity contribution in [1.82, 2.24) is 5.32 Å². The van der Waals surface area contributed by atoms with E-state index in [0.717, 1.165) is 32.8 Å². The van der Waals surface area contributed by atoms with E-state index in [1.165, 1.54) is 35.0 Å². The van der Waals surface area contributed by atoms with Gasteiger partial charge in [-0.2, -0.15) is 0 Å². The molecule has 1 unspecified atom stereocenters. The van der Waals surface area contributed by atoms with Crippen molar-refractivity contribution < 1.29 is 4.74 Å². The summed E-state index contributed by atoms with van der Waals surface area (Å²) in [6.07, 6.45) is 3.70. The summed E-state index contributed by atoms with van der Waals surface area (Å²) < 4.78 is 6.53. The van der Waals surface area contributed by atoms with Gasteiger partial charge in [0, 0.05) is 31.2 Å². The maximum absolute atomic E-state index is 5.32. The summed E-state index contributed by atoms with van der Waals surface area (Å²) in [5.41, 5.74) is 2.65. The lowest BCUT2D eigenvalue weighted by molar-refractivity contribution is 0.143. The molecule has 0 radical (unpaired) electrons. The van der Waals surface area contributed by atoms with Crippen molar-refractivity contribution in [2.45, 2.75) is 32.7 Å². The van der Waals surface area contributed by atoms with Crippen LogP contribution in [0.2, 0.25) is 0 Å². The number of benzene rings is 1. The van der Waals surface area contributed by atoms with E-state index in [4.69, 9.17) is 4.74 Å². The first kappa shape index (κ1) is 16.8. The van der Waals surface area contributed by atoms with Crippen molar-refractivity contribution in [1.29, 1.82) is 0 Å². The SMILES string of the molecule is CCCNCc1ccc(N2CCCC(COC)C2)c(Br)c1. The Kier molecular flexibility index (Phi) is 7.00. The minimum absolute atomic E-state index is 0.654. The Hall–Kier alpha value is -0.580. The van der Waals surface area contributed by atoms with Crippen molar-refractivity contribution in [3.8, 4) is 0 Å². The van der Waals surface area contributed by atoms with Gasteiger partial charge in [0.25, 0.3) is 0 Å². The molecule has 2 rings (SSSR count). The summed E-state index contributed by atoms with van der Waals surface area (Å²) in [4.78, 5) is 2.49. The molecule has 118 valence electrons. The van der Waals surface area contributed by atoms with Crippen LogP contribution in [-0.2, 0) is 11.3 Å². The maximum Gasteiger partial charge on any atom is 0.0510 e. The van der Waals surface area contributed by atoms with Crippen LogP contribution in [0.1, 0.15) is 31.7 Å². The Morgan fingerprint density at radius 2 is 2.29 bits per heavy atom. The molecule has 1 saturated heterocycles. The van der Waals surface area contributed by atoms with Gasteiger partial charge in [0.05, 0.1) is 12.3 Å². The number of anilines is 1. The minimum atomic E-state index is 0.654. The lowest BCUT2D eigenvalue weighted by Gasteiger charge is -2.34. The molecule has 21 heavy (non-hydrogen) atoms. The molecule has 0 spiro atoms. The summed E-state index contributed by atoms with van der Waals surface area (Å²) in [7, 11) is 1.80. The number of rotatable bonds is 7. The van der Waals surface area contributed by atoms with Gasteiger partial charge in [0.2, 0.25) is 0 Å². The van der Waals surface area contributed by atoms with Gasteiger partial charge in [0.1, 0.15) is 0 Å². The molecule has 0 amide bonds. The first-order valence-corrected chi connectivity index (χ1v) is 8.77. The fourth-order valence-corrected chi connectivity index (χ4v) is 3.66. The third-order valence-electron chi connectivity index (χ3n) is 4.03. The number of halogens is 1. The lowest BCUT2D eigenvalue weighted by atomic mass is 9.98. The largest absolute Gasteiger partial charge is 0.384 e. The van der Waals surface area contributed by atoms with Crippen LogP contribution in [0.5, 0.6) is 0 Å². The molecular weight excluding hydrogens is 328 g/mol. The fraction of sp³-hybridized carbons (Fsp3) is 0.647. The fourth-order valence-electron chi connectivity index (χ4n) is 2.98. The molecule has 1 aromatic carbocycles. The second-order valence-corrected chi connectivity index (χ2v) is 6.73. The number of nitrogens with one attached hydrogen (secondary N) is 1. The van der Waals surface area contributed by atoms with E-state index < -0.39 is 0 Å². The lowest BCUT2D eigenvalue weighted by Crippen LogP contribution is -2.37. The average Bonchev–Trinajstić information content (AvgIpc) is 2.48. The summed E-state index contributed by atoms with van der Waals surface area (Å²) in [5, 5.41) is 3.45. The standard InChI is InChI=1S/C17H27BrN2O/c1-3-8-19-11-14-6-7-17(16(18)10-14)20-9-4-5-15(12-20)13-21-2/h6-7,10,15,19H,3-5,8-9,11-13H2,1-2H3. The summed E-state index contributed by atoms with van der Waals surface area (Å²) in [6, 6.07) is 6.74. The highest BCUT2D eigenvalue weighted by atomic mass is 79.9. The van der Waals surface area contributed by atoms with E-state index in [2.05, 4.69) is 51.3 Å². The Morgan fingerprint density at radius 1 is 1.43 bits per heavy atom. The third kappa shape index (κ3) is 4.97. The zero-order valence-corrected chi connectivity index (χ0v) is 14.8. The van der Waals surface area contributed by atoms with Crippen LogP contribution >= 0.6 is 15.9 Å². The second-order valence-electron chi connectivity index (χ2n) is 5.87. The van der Waals surface area contributed by atoms with Crippen molar-refractivity contribution in [3.05, 3.63) is 28.2 Å². The van der Waals surface area contributed by atoms with Gasteiger partial charge < -0.3 is 15.0 Å². The molecule has 0 aromatic heterocycles. The molecule has 1 fully saturated rings. The van der Waals surface area contributed by atoms with Crippen LogP contribution in [0.15, 0.2) is 22.7 Å². The highest BCUT2D eigenvalue weighted by Gasteiger charge is 2.21. The van der Waals surface area contributed by atoms with Gasteiger partial charge in [0.15, 0.2) is 0 Å². The number of methoxy groups -OCH3 is 1. The summed E-state index contributed by atoms with van der Waals surface area (Å²) in [5.74, 6) is 0.654. The van der Waals surface area contributed by atoms with Crippen LogP contribution in [0.4, 0.5) is 5.69 Å². The van der Waals surface area contributed by atoms with Gasteiger partial charge in [-0.15, -0.1) is 0 Å². The molecule has 1 aliphatic rings. The molecule has 1 aromatic rings. The number of hydrogen-bond donors (Lipinski definition) is 1. The van der Waals surface area contributed by atoms with Crippen molar-refractivity contribution in [3.63, 3.8) is 0 Å². The molecule has 1 atom stereocenters. The zero-order chi connectivity index (χ0) is 15.1. The van der Waals surface area contributed by atoms with Crippen molar-refractivity contribution in [2.75, 3.05) is 38.3 Å². The van der Waals surface area contributed by atoms with Crippen LogP contribution < -0.4 is 10.2 Å². The first-order valence-electron chi connectivity index (χ1n) is 7.97. The van der Waals surface area contributed by atoms with E-state index >= 15 is 0 Å². The third-order valence-corrected chi connectivity index (χ3v) is 4.67. The predicted molar refractivity (Wildman–Crippen MR) is 93.0 cm³/mol. The quantitative estimate of drug-likeness (QED) is 0.753. The normalized spacial score (nSPS) is 19.0. The highest BCUT2D eigenvalue weighted by Crippen LogP contribution is 2.31. The molecule has 1 heterocycles. The molecule has 1 aliphatic heterocycles. The Balaban J connectivity index is 1.99. The molecule has 0 saturated carbocycles. The van der Waals surface area contributed by atoms with E-state index in [9.17, 15) is 0 Å². The number of piperidine rings is 1. The molecule has 3 nitrogen and oxygen atoms in total. The van der Waals surface area contributed by atoms with E-state index in [-0.39, 0.29) is 0 Å². The Labute approximate surface area is 137 Å². The Morgan fingerprint density at radius 3 is 3.00 bits per heavy atom. The number of ether oxygens (including phenoxy) is 1. The smallest absolute Gasteiger partial charge is 0.0510 e. The second kappa shape index (κ2) is 8.76. The minimum Gasteiger partial charge on any atom is -0.384 e. The van der Waals surface area contributed by atoms with Crippen molar-refractivity contribution in [2.24, 2.45) is 5.92 Å². The zero-order valence-electron chi connectivity index (χ0n) is 13.2.